The van der Waals surface area contributed by atoms with E-state index in [0.29, 0.717) is 6.54 Å². The lowest BCUT2D eigenvalue weighted by Gasteiger charge is -2.27. The largest absolute Gasteiger partial charge is 0.478 e. The summed E-state index contributed by atoms with van der Waals surface area (Å²) >= 11 is 0. The summed E-state index contributed by atoms with van der Waals surface area (Å²) in [5, 5.41) is 22.9. The summed E-state index contributed by atoms with van der Waals surface area (Å²) in [5.74, 6) is -0.825. The maximum absolute atomic E-state index is 11.1. The highest BCUT2D eigenvalue weighted by Crippen LogP contribution is 2.27. The summed E-state index contributed by atoms with van der Waals surface area (Å²) in [7, 11) is 0. The number of aromatic carboxylic acids is 1. The highest BCUT2D eigenvalue weighted by molar-refractivity contribution is 5.94. The average Bonchev–Trinajstić information content (AvgIpc) is 2.33. The Hall–Kier alpha value is -2.11. The zero-order chi connectivity index (χ0) is 15.5. The molecule has 1 atom stereocenters. The van der Waals surface area contributed by atoms with E-state index >= 15 is 0 Å². The van der Waals surface area contributed by atoms with E-state index in [-0.39, 0.29) is 28.3 Å². The Bertz CT molecular complexity index is 520. The maximum atomic E-state index is 11.1. The molecule has 20 heavy (non-hydrogen) atoms. The molecule has 0 aliphatic heterocycles. The molecule has 0 aromatic heterocycles. The summed E-state index contributed by atoms with van der Waals surface area (Å²) < 4.78 is 0. The minimum absolute atomic E-state index is 0.0386. The zero-order valence-electron chi connectivity index (χ0n) is 12.1. The van der Waals surface area contributed by atoms with Gasteiger partial charge in [0.25, 0.3) is 5.69 Å². The number of nitrogens with one attached hydrogen (secondary N) is 1. The molecule has 1 aromatic carbocycles. The van der Waals surface area contributed by atoms with E-state index in [1.807, 2.05) is 6.92 Å². The van der Waals surface area contributed by atoms with Gasteiger partial charge in [-0.2, -0.15) is 0 Å². The maximum Gasteiger partial charge on any atom is 0.337 e. The molecule has 0 amide bonds. The third kappa shape index (κ3) is 3.94. The third-order valence-electron chi connectivity index (χ3n) is 3.52. The highest BCUT2D eigenvalue weighted by atomic mass is 16.6. The fourth-order valence-electron chi connectivity index (χ4n) is 1.55. The predicted octanol–water partition coefficient (Wildman–Crippen LogP) is 3.39. The molecule has 0 bridgehead atoms. The van der Waals surface area contributed by atoms with Crippen molar-refractivity contribution >= 4 is 17.3 Å². The monoisotopic (exact) mass is 280 g/mol. The van der Waals surface area contributed by atoms with E-state index in [2.05, 4.69) is 26.1 Å². The molecule has 0 radical (unpaired) electrons. The zero-order valence-corrected chi connectivity index (χ0v) is 12.1. The van der Waals surface area contributed by atoms with E-state index in [1.54, 1.807) is 0 Å². The van der Waals surface area contributed by atoms with Crippen LogP contribution in [-0.2, 0) is 0 Å². The van der Waals surface area contributed by atoms with Crippen LogP contribution >= 0.6 is 0 Å². The van der Waals surface area contributed by atoms with Crippen LogP contribution in [0.2, 0.25) is 0 Å². The lowest BCUT2D eigenvalue weighted by atomic mass is 9.82. The van der Waals surface area contributed by atoms with Crippen molar-refractivity contribution in [1.29, 1.82) is 0 Å². The Morgan fingerprint density at radius 1 is 1.45 bits per heavy atom. The average molecular weight is 280 g/mol. The number of nitro benzene ring substituents is 1. The smallest absolute Gasteiger partial charge is 0.337 e. The number of hydrogen-bond acceptors (Lipinski definition) is 4. The summed E-state index contributed by atoms with van der Waals surface area (Å²) in [6, 6.07) is 3.71. The van der Waals surface area contributed by atoms with Crippen LogP contribution < -0.4 is 5.32 Å². The Kier molecular flexibility index (Phi) is 4.70. The van der Waals surface area contributed by atoms with Gasteiger partial charge in [-0.05, 0) is 17.4 Å². The van der Waals surface area contributed by atoms with Gasteiger partial charge in [-0.1, -0.05) is 27.7 Å². The van der Waals surface area contributed by atoms with Crippen molar-refractivity contribution in [2.24, 2.45) is 11.3 Å². The molecule has 0 saturated carbocycles. The van der Waals surface area contributed by atoms with Crippen LogP contribution in [0, 0.1) is 21.4 Å². The molecule has 6 heteroatoms. The normalized spacial score (nSPS) is 12.8. The number of nitrogens with zero attached hydrogens (tertiary/aromatic N) is 1. The van der Waals surface area contributed by atoms with Gasteiger partial charge in [-0.25, -0.2) is 4.79 Å². The fraction of sp³-hybridized carbons (Fsp3) is 0.500. The molecule has 0 aliphatic rings. The van der Waals surface area contributed by atoms with Gasteiger partial charge >= 0.3 is 5.97 Å². The molecule has 1 unspecified atom stereocenters. The molecule has 0 aliphatic carbocycles. The van der Waals surface area contributed by atoms with Gasteiger partial charge in [-0.3, -0.25) is 10.1 Å². The first-order valence-electron chi connectivity index (χ1n) is 6.38. The molecule has 110 valence electrons. The first-order valence-corrected chi connectivity index (χ1v) is 6.38. The summed E-state index contributed by atoms with van der Waals surface area (Å²) in [6.45, 7) is 8.86. The first-order chi connectivity index (χ1) is 9.12. The number of nitro groups is 1. The van der Waals surface area contributed by atoms with Crippen LogP contribution in [0.5, 0.6) is 0 Å². The summed E-state index contributed by atoms with van der Waals surface area (Å²) in [5.41, 5.74) is 0.261. The number of anilines is 1. The number of carboxylic acids is 1. The number of benzene rings is 1. The second-order valence-corrected chi connectivity index (χ2v) is 5.94. The Balaban J connectivity index is 2.99. The molecule has 1 rings (SSSR count). The van der Waals surface area contributed by atoms with Crippen molar-refractivity contribution in [2.75, 3.05) is 11.9 Å². The minimum Gasteiger partial charge on any atom is -0.478 e. The summed E-state index contributed by atoms with van der Waals surface area (Å²) in [4.78, 5) is 21.4. The van der Waals surface area contributed by atoms with Crippen LogP contribution in [-0.4, -0.2) is 22.5 Å². The van der Waals surface area contributed by atoms with Gasteiger partial charge in [0.2, 0.25) is 0 Å². The molecular formula is C14H20N2O4. The molecule has 0 heterocycles. The third-order valence-corrected chi connectivity index (χ3v) is 3.52. The number of rotatable bonds is 5. The van der Waals surface area contributed by atoms with Gasteiger partial charge < -0.3 is 10.4 Å². The lowest BCUT2D eigenvalue weighted by molar-refractivity contribution is -0.384. The van der Waals surface area contributed by atoms with Crippen molar-refractivity contribution < 1.29 is 14.8 Å². The van der Waals surface area contributed by atoms with Crippen molar-refractivity contribution in [3.63, 3.8) is 0 Å². The predicted molar refractivity (Wildman–Crippen MR) is 77.2 cm³/mol. The number of hydrogen-bond donors (Lipinski definition) is 2. The van der Waals surface area contributed by atoms with Crippen LogP contribution in [0.4, 0.5) is 11.4 Å². The number of carbonyl (C=O) groups is 1. The van der Waals surface area contributed by atoms with Gasteiger partial charge in [0.05, 0.1) is 16.2 Å². The van der Waals surface area contributed by atoms with Crippen molar-refractivity contribution in [3.05, 3.63) is 33.9 Å². The van der Waals surface area contributed by atoms with Crippen molar-refractivity contribution in [2.45, 2.75) is 27.7 Å². The second kappa shape index (κ2) is 5.90. The number of carboxylic acid groups (broad SMARTS) is 1. The first kappa shape index (κ1) is 15.9. The molecule has 0 spiro atoms. The van der Waals surface area contributed by atoms with Crippen LogP contribution in [0.3, 0.4) is 0 Å². The van der Waals surface area contributed by atoms with E-state index in [9.17, 15) is 14.9 Å². The topological polar surface area (TPSA) is 92.5 Å². The van der Waals surface area contributed by atoms with Crippen LogP contribution in [0.25, 0.3) is 0 Å². The van der Waals surface area contributed by atoms with Crippen LogP contribution in [0.1, 0.15) is 38.1 Å². The Morgan fingerprint density at radius 2 is 2.05 bits per heavy atom. The van der Waals surface area contributed by atoms with Gasteiger partial charge in [0, 0.05) is 18.7 Å². The van der Waals surface area contributed by atoms with Crippen molar-refractivity contribution in [1.82, 2.24) is 0 Å². The molecule has 1 aromatic rings. The van der Waals surface area contributed by atoms with Crippen LogP contribution in [0.15, 0.2) is 18.2 Å². The van der Waals surface area contributed by atoms with E-state index in [0.717, 1.165) is 0 Å². The summed E-state index contributed by atoms with van der Waals surface area (Å²) in [6.07, 6.45) is 0. The van der Waals surface area contributed by atoms with Gasteiger partial charge in [-0.15, -0.1) is 0 Å². The Labute approximate surface area is 118 Å². The highest BCUT2D eigenvalue weighted by Gasteiger charge is 2.21. The Morgan fingerprint density at radius 3 is 2.50 bits per heavy atom. The molecule has 0 saturated heterocycles. The SMILES string of the molecule is CC(CNc1cc([N+](=O)[O-])ccc1C(=O)O)C(C)(C)C. The fourth-order valence-corrected chi connectivity index (χ4v) is 1.55. The minimum atomic E-state index is -1.11. The second-order valence-electron chi connectivity index (χ2n) is 5.94. The quantitative estimate of drug-likeness (QED) is 0.637. The van der Waals surface area contributed by atoms with Crippen molar-refractivity contribution in [3.8, 4) is 0 Å². The molecule has 0 fully saturated rings. The lowest BCUT2D eigenvalue weighted by Crippen LogP contribution is -2.25. The number of non-ortho nitro benzene ring substituents is 1. The van der Waals surface area contributed by atoms with E-state index in [1.165, 1.54) is 18.2 Å². The molecular weight excluding hydrogens is 260 g/mol. The van der Waals surface area contributed by atoms with E-state index in [4.69, 9.17) is 5.11 Å². The van der Waals surface area contributed by atoms with E-state index < -0.39 is 10.9 Å². The standard InChI is InChI=1S/C14H20N2O4/c1-9(14(2,3)4)8-15-12-7-10(16(19)20)5-6-11(12)13(17)18/h5-7,9,15H,8H2,1-4H3,(H,17,18). The molecule has 6 nitrogen and oxygen atoms in total. The molecule has 2 N–H and O–H groups in total. The van der Waals surface area contributed by atoms with Gasteiger partial charge in [0.1, 0.15) is 0 Å². The van der Waals surface area contributed by atoms with Gasteiger partial charge in [0.15, 0.2) is 0 Å².